The molecule has 4 heterocycles. The van der Waals surface area contributed by atoms with E-state index >= 15 is 0 Å². The van der Waals surface area contributed by atoms with Gasteiger partial charge in [0.25, 0.3) is 11.7 Å². The Kier molecular flexibility index (Phi) is 4.60. The standard InChI is InChI=1S/C16H22N6O3/c23-13-10-20(12-2-8-25-9-3-12)6-7-21(11-13)15(24)14-18-16-17-4-1-5-22(16)19-14/h1,4-5,12-13,23H,2-3,6-11H2. The molecule has 1 unspecified atom stereocenters. The zero-order chi connectivity index (χ0) is 17.2. The van der Waals surface area contributed by atoms with Crippen LogP contribution in [0.25, 0.3) is 5.78 Å². The molecule has 2 saturated heterocycles. The van der Waals surface area contributed by atoms with Crippen molar-refractivity contribution in [3.8, 4) is 0 Å². The van der Waals surface area contributed by atoms with E-state index < -0.39 is 6.10 Å². The third kappa shape index (κ3) is 3.48. The summed E-state index contributed by atoms with van der Waals surface area (Å²) < 4.78 is 6.90. The third-order valence-electron chi connectivity index (χ3n) is 4.84. The van der Waals surface area contributed by atoms with Crippen molar-refractivity contribution in [3.05, 3.63) is 24.3 Å². The molecule has 25 heavy (non-hydrogen) atoms. The van der Waals surface area contributed by atoms with Crippen molar-refractivity contribution in [2.45, 2.75) is 25.0 Å². The minimum atomic E-state index is -0.579. The van der Waals surface area contributed by atoms with Gasteiger partial charge in [-0.1, -0.05) is 0 Å². The molecule has 0 saturated carbocycles. The van der Waals surface area contributed by atoms with Gasteiger partial charge in [-0.3, -0.25) is 9.69 Å². The van der Waals surface area contributed by atoms with E-state index in [0.29, 0.717) is 31.5 Å². The van der Waals surface area contributed by atoms with Gasteiger partial charge in [0, 0.05) is 57.8 Å². The monoisotopic (exact) mass is 346 g/mol. The summed E-state index contributed by atoms with van der Waals surface area (Å²) in [4.78, 5) is 25.0. The van der Waals surface area contributed by atoms with Gasteiger partial charge in [0.1, 0.15) is 0 Å². The Hall–Kier alpha value is -2.10. The Bertz CT molecular complexity index is 711. The average Bonchev–Trinajstić information content (AvgIpc) is 2.98. The molecule has 0 radical (unpaired) electrons. The fourth-order valence-corrected chi connectivity index (χ4v) is 3.55. The van der Waals surface area contributed by atoms with Crippen LogP contribution in [0.5, 0.6) is 0 Å². The Labute approximate surface area is 145 Å². The van der Waals surface area contributed by atoms with Gasteiger partial charge in [-0.05, 0) is 18.9 Å². The summed E-state index contributed by atoms with van der Waals surface area (Å²) in [5.74, 6) is 0.244. The molecule has 9 heteroatoms. The number of aliphatic hydroxyl groups excluding tert-OH is 1. The van der Waals surface area contributed by atoms with Gasteiger partial charge < -0.3 is 14.7 Å². The van der Waals surface area contributed by atoms with Crippen LogP contribution in [0, 0.1) is 0 Å². The molecule has 2 aromatic heterocycles. The van der Waals surface area contributed by atoms with E-state index in [4.69, 9.17) is 4.74 Å². The number of aliphatic hydroxyl groups is 1. The summed E-state index contributed by atoms with van der Waals surface area (Å²) >= 11 is 0. The predicted octanol–water partition coefficient (Wildman–Crippen LogP) is -0.578. The van der Waals surface area contributed by atoms with Crippen molar-refractivity contribution in [2.75, 3.05) is 39.4 Å². The van der Waals surface area contributed by atoms with Crippen LogP contribution in [0.4, 0.5) is 0 Å². The number of β-amino-alcohol motifs (C(OH)–C–C–N with tert-alkyl or cyclic N) is 1. The first kappa shape index (κ1) is 16.4. The highest BCUT2D eigenvalue weighted by molar-refractivity contribution is 5.90. The van der Waals surface area contributed by atoms with Crippen molar-refractivity contribution in [1.29, 1.82) is 0 Å². The summed E-state index contributed by atoms with van der Waals surface area (Å²) in [6.07, 6.45) is 4.68. The topological polar surface area (TPSA) is 96.1 Å². The fraction of sp³-hybridized carbons (Fsp3) is 0.625. The van der Waals surface area contributed by atoms with Crippen LogP contribution in [-0.4, -0.2) is 91.9 Å². The maximum Gasteiger partial charge on any atom is 0.293 e. The molecule has 2 aromatic rings. The van der Waals surface area contributed by atoms with E-state index in [1.807, 2.05) is 0 Å². The molecule has 9 nitrogen and oxygen atoms in total. The number of aromatic nitrogens is 4. The van der Waals surface area contributed by atoms with Crippen molar-refractivity contribution in [3.63, 3.8) is 0 Å². The molecule has 1 N–H and O–H groups in total. The molecule has 134 valence electrons. The van der Waals surface area contributed by atoms with E-state index in [-0.39, 0.29) is 11.7 Å². The number of amides is 1. The van der Waals surface area contributed by atoms with Crippen LogP contribution >= 0.6 is 0 Å². The molecule has 4 rings (SSSR count). The maximum absolute atomic E-state index is 12.8. The highest BCUT2D eigenvalue weighted by Gasteiger charge is 2.31. The summed E-state index contributed by atoms with van der Waals surface area (Å²) in [6.45, 7) is 3.68. The van der Waals surface area contributed by atoms with E-state index in [1.165, 1.54) is 4.52 Å². The molecule has 0 aliphatic carbocycles. The smallest absolute Gasteiger partial charge is 0.293 e. The summed E-state index contributed by atoms with van der Waals surface area (Å²) in [6, 6.07) is 2.15. The molecule has 1 atom stereocenters. The first-order valence-corrected chi connectivity index (χ1v) is 8.67. The van der Waals surface area contributed by atoms with Crippen LogP contribution in [0.2, 0.25) is 0 Å². The second-order valence-electron chi connectivity index (χ2n) is 6.54. The number of fused-ring (bicyclic) bond motifs is 1. The lowest BCUT2D eigenvalue weighted by atomic mass is 10.1. The average molecular weight is 346 g/mol. The number of hydrogen-bond donors (Lipinski definition) is 1. The molecular formula is C16H22N6O3. The van der Waals surface area contributed by atoms with Crippen LogP contribution in [0.3, 0.4) is 0 Å². The molecule has 0 bridgehead atoms. The molecule has 0 aromatic carbocycles. The summed E-state index contributed by atoms with van der Waals surface area (Å²) in [7, 11) is 0. The molecule has 1 amide bonds. The largest absolute Gasteiger partial charge is 0.390 e. The van der Waals surface area contributed by atoms with Gasteiger partial charge in [-0.15, -0.1) is 5.10 Å². The second kappa shape index (κ2) is 7.03. The minimum absolute atomic E-state index is 0.116. The van der Waals surface area contributed by atoms with Crippen LogP contribution < -0.4 is 0 Å². The summed E-state index contributed by atoms with van der Waals surface area (Å²) in [5, 5.41) is 14.6. The summed E-state index contributed by atoms with van der Waals surface area (Å²) in [5.41, 5.74) is 0. The zero-order valence-electron chi connectivity index (χ0n) is 14.0. The highest BCUT2D eigenvalue weighted by atomic mass is 16.5. The second-order valence-corrected chi connectivity index (χ2v) is 6.54. The van der Waals surface area contributed by atoms with Crippen LogP contribution in [0.15, 0.2) is 18.5 Å². The van der Waals surface area contributed by atoms with Crippen molar-refractivity contribution < 1.29 is 14.6 Å². The lowest BCUT2D eigenvalue weighted by Gasteiger charge is -2.33. The Morgan fingerprint density at radius 2 is 2.08 bits per heavy atom. The maximum atomic E-state index is 12.8. The van der Waals surface area contributed by atoms with Crippen molar-refractivity contribution >= 4 is 11.7 Å². The van der Waals surface area contributed by atoms with Gasteiger partial charge in [-0.2, -0.15) is 4.98 Å². The quantitative estimate of drug-likeness (QED) is 0.777. The van der Waals surface area contributed by atoms with Gasteiger partial charge in [0.05, 0.1) is 6.10 Å². The van der Waals surface area contributed by atoms with Gasteiger partial charge >= 0.3 is 0 Å². The van der Waals surface area contributed by atoms with E-state index in [2.05, 4.69) is 20.0 Å². The van der Waals surface area contributed by atoms with Crippen LogP contribution in [0.1, 0.15) is 23.5 Å². The Morgan fingerprint density at radius 3 is 2.88 bits per heavy atom. The van der Waals surface area contributed by atoms with Gasteiger partial charge in [-0.25, -0.2) is 9.50 Å². The number of ether oxygens (including phenoxy) is 1. The first-order valence-electron chi connectivity index (χ1n) is 8.67. The number of rotatable bonds is 2. The van der Waals surface area contributed by atoms with Gasteiger partial charge in [0.2, 0.25) is 5.82 Å². The number of carbonyl (C=O) groups excluding carboxylic acids is 1. The van der Waals surface area contributed by atoms with E-state index in [9.17, 15) is 9.90 Å². The molecule has 2 aliphatic heterocycles. The first-order chi connectivity index (χ1) is 12.2. The lowest BCUT2D eigenvalue weighted by molar-refractivity contribution is 0.0217. The Morgan fingerprint density at radius 1 is 1.24 bits per heavy atom. The SMILES string of the molecule is O=C(c1nc2ncccn2n1)N1CCN(C2CCOCC2)CC(O)C1. The van der Waals surface area contributed by atoms with E-state index in [0.717, 1.165) is 32.6 Å². The number of carbonyl (C=O) groups is 1. The normalized spacial score (nSPS) is 23.7. The van der Waals surface area contributed by atoms with Gasteiger partial charge in [0.15, 0.2) is 0 Å². The number of hydrogen-bond acceptors (Lipinski definition) is 7. The molecule has 0 spiro atoms. The third-order valence-corrected chi connectivity index (χ3v) is 4.84. The fourth-order valence-electron chi connectivity index (χ4n) is 3.55. The van der Waals surface area contributed by atoms with Crippen LogP contribution in [-0.2, 0) is 4.74 Å². The van der Waals surface area contributed by atoms with Crippen molar-refractivity contribution in [1.82, 2.24) is 29.4 Å². The molecular weight excluding hydrogens is 324 g/mol. The minimum Gasteiger partial charge on any atom is -0.390 e. The number of nitrogens with zero attached hydrogens (tertiary/aromatic N) is 6. The molecule has 2 aliphatic rings. The van der Waals surface area contributed by atoms with Crippen molar-refractivity contribution in [2.24, 2.45) is 0 Å². The van der Waals surface area contributed by atoms with E-state index in [1.54, 1.807) is 23.4 Å². The molecule has 2 fully saturated rings. The Balaban J connectivity index is 1.47. The lowest BCUT2D eigenvalue weighted by Crippen LogP contribution is -2.43. The highest BCUT2D eigenvalue weighted by Crippen LogP contribution is 2.17. The zero-order valence-corrected chi connectivity index (χ0v) is 14.0. The predicted molar refractivity (Wildman–Crippen MR) is 88.1 cm³/mol.